The third-order valence-electron chi connectivity index (χ3n) is 2.82. The van der Waals surface area contributed by atoms with Gasteiger partial charge in [0.05, 0.1) is 12.8 Å². The lowest BCUT2D eigenvalue weighted by Crippen LogP contribution is -1.98. The molecule has 5 nitrogen and oxygen atoms in total. The Morgan fingerprint density at radius 3 is 2.74 bits per heavy atom. The summed E-state index contributed by atoms with van der Waals surface area (Å²) in [6.45, 7) is 2.75. The Morgan fingerprint density at radius 1 is 1.26 bits per heavy atom. The Bertz CT molecular complexity index is 537. The zero-order valence-electron chi connectivity index (χ0n) is 11.2. The number of aromatic nitrogens is 1. The number of hydrogen-bond donors (Lipinski definition) is 1. The molecule has 0 amide bonds. The van der Waals surface area contributed by atoms with Crippen molar-refractivity contribution < 1.29 is 14.0 Å². The SMILES string of the molecule is CCc1ccc(OCc2cc(CN)no2)c(OC)c1. The smallest absolute Gasteiger partial charge is 0.174 e. The van der Waals surface area contributed by atoms with E-state index in [0.717, 1.165) is 12.2 Å². The highest BCUT2D eigenvalue weighted by atomic mass is 16.5. The van der Waals surface area contributed by atoms with Gasteiger partial charge in [0.1, 0.15) is 6.61 Å². The molecule has 0 aliphatic heterocycles. The van der Waals surface area contributed by atoms with E-state index in [9.17, 15) is 0 Å². The summed E-state index contributed by atoms with van der Waals surface area (Å²) in [5.74, 6) is 2.05. The fourth-order valence-electron chi connectivity index (χ4n) is 1.72. The molecule has 2 rings (SSSR count). The first kappa shape index (κ1) is 13.4. The van der Waals surface area contributed by atoms with Crippen molar-refractivity contribution in [1.82, 2.24) is 5.16 Å². The van der Waals surface area contributed by atoms with Crippen LogP contribution < -0.4 is 15.2 Å². The first-order valence-electron chi connectivity index (χ1n) is 6.21. The molecule has 0 bridgehead atoms. The maximum absolute atomic E-state index is 5.67. The van der Waals surface area contributed by atoms with Crippen LogP contribution in [0.25, 0.3) is 0 Å². The molecular formula is C14H18N2O3. The summed E-state index contributed by atoms with van der Waals surface area (Å²) >= 11 is 0. The Morgan fingerprint density at radius 2 is 2.11 bits per heavy atom. The molecule has 0 saturated heterocycles. The van der Waals surface area contributed by atoms with Gasteiger partial charge in [0.25, 0.3) is 0 Å². The minimum atomic E-state index is 0.300. The molecule has 2 N–H and O–H groups in total. The number of aryl methyl sites for hydroxylation is 1. The molecule has 0 radical (unpaired) electrons. The van der Waals surface area contributed by atoms with E-state index in [1.165, 1.54) is 5.56 Å². The first-order chi connectivity index (χ1) is 9.26. The molecule has 0 aliphatic rings. The molecule has 102 valence electrons. The summed E-state index contributed by atoms with van der Waals surface area (Å²) < 4.78 is 16.1. The van der Waals surface area contributed by atoms with Crippen LogP contribution in [0.2, 0.25) is 0 Å². The van der Waals surface area contributed by atoms with E-state index >= 15 is 0 Å². The summed E-state index contributed by atoms with van der Waals surface area (Å²) in [6, 6.07) is 7.68. The highest BCUT2D eigenvalue weighted by molar-refractivity contribution is 5.43. The summed E-state index contributed by atoms with van der Waals surface area (Å²) in [7, 11) is 1.63. The Kier molecular flexibility index (Phi) is 4.41. The Hall–Kier alpha value is -2.01. The average Bonchev–Trinajstić information content (AvgIpc) is 2.92. The first-order valence-corrected chi connectivity index (χ1v) is 6.21. The fourth-order valence-corrected chi connectivity index (χ4v) is 1.72. The fraction of sp³-hybridized carbons (Fsp3) is 0.357. The van der Waals surface area contributed by atoms with Gasteiger partial charge in [-0.3, -0.25) is 0 Å². The van der Waals surface area contributed by atoms with Crippen LogP contribution in [0.4, 0.5) is 0 Å². The van der Waals surface area contributed by atoms with Crippen molar-refractivity contribution in [2.45, 2.75) is 26.5 Å². The zero-order chi connectivity index (χ0) is 13.7. The van der Waals surface area contributed by atoms with Crippen LogP contribution in [0.5, 0.6) is 11.5 Å². The van der Waals surface area contributed by atoms with E-state index in [1.807, 2.05) is 18.2 Å². The number of rotatable bonds is 6. The summed E-state index contributed by atoms with van der Waals surface area (Å²) in [6.07, 6.45) is 0.957. The second kappa shape index (κ2) is 6.24. The lowest BCUT2D eigenvalue weighted by Gasteiger charge is -2.10. The molecule has 0 atom stereocenters. The third kappa shape index (κ3) is 3.26. The predicted molar refractivity (Wildman–Crippen MR) is 71.1 cm³/mol. The quantitative estimate of drug-likeness (QED) is 0.864. The monoisotopic (exact) mass is 262 g/mol. The molecule has 2 aromatic rings. The van der Waals surface area contributed by atoms with E-state index in [-0.39, 0.29) is 0 Å². The second-order valence-electron chi connectivity index (χ2n) is 4.12. The molecular weight excluding hydrogens is 244 g/mol. The zero-order valence-corrected chi connectivity index (χ0v) is 11.2. The largest absolute Gasteiger partial charge is 0.493 e. The lowest BCUT2D eigenvalue weighted by atomic mass is 10.1. The lowest BCUT2D eigenvalue weighted by molar-refractivity contribution is 0.238. The molecule has 1 aromatic heterocycles. The molecule has 0 spiro atoms. The van der Waals surface area contributed by atoms with Crippen molar-refractivity contribution in [2.24, 2.45) is 5.73 Å². The molecule has 0 saturated carbocycles. The number of ether oxygens (including phenoxy) is 2. The van der Waals surface area contributed by atoms with E-state index in [2.05, 4.69) is 12.1 Å². The highest BCUT2D eigenvalue weighted by Gasteiger charge is 2.08. The number of nitrogens with zero attached hydrogens (tertiary/aromatic N) is 1. The molecule has 19 heavy (non-hydrogen) atoms. The standard InChI is InChI=1S/C14H18N2O3/c1-3-10-4-5-13(14(6-10)17-2)18-9-12-7-11(8-15)16-19-12/h4-7H,3,8-9,15H2,1-2H3. The van der Waals surface area contributed by atoms with Gasteiger partial charge in [-0.1, -0.05) is 18.1 Å². The Balaban J connectivity index is 2.06. The van der Waals surface area contributed by atoms with E-state index < -0.39 is 0 Å². The van der Waals surface area contributed by atoms with Crippen LogP contribution in [0.3, 0.4) is 0 Å². The minimum Gasteiger partial charge on any atom is -0.493 e. The van der Waals surface area contributed by atoms with Crippen molar-refractivity contribution in [3.8, 4) is 11.5 Å². The molecule has 1 heterocycles. The van der Waals surface area contributed by atoms with Crippen molar-refractivity contribution >= 4 is 0 Å². The third-order valence-corrected chi connectivity index (χ3v) is 2.82. The maximum Gasteiger partial charge on any atom is 0.174 e. The summed E-state index contributed by atoms with van der Waals surface area (Å²) in [5, 5.41) is 3.81. The van der Waals surface area contributed by atoms with Gasteiger partial charge in [-0.05, 0) is 24.1 Å². The van der Waals surface area contributed by atoms with Gasteiger partial charge in [-0.25, -0.2) is 0 Å². The van der Waals surface area contributed by atoms with Gasteiger partial charge in [0.15, 0.2) is 17.3 Å². The van der Waals surface area contributed by atoms with Crippen molar-refractivity contribution in [1.29, 1.82) is 0 Å². The summed E-state index contributed by atoms with van der Waals surface area (Å²) in [5.41, 5.74) is 7.38. The molecule has 5 heteroatoms. The maximum atomic E-state index is 5.67. The molecule has 0 unspecified atom stereocenters. The number of nitrogens with two attached hydrogens (primary N) is 1. The number of benzene rings is 1. The normalized spacial score (nSPS) is 10.5. The van der Waals surface area contributed by atoms with Gasteiger partial charge in [-0.2, -0.15) is 0 Å². The van der Waals surface area contributed by atoms with Crippen LogP contribution in [0.15, 0.2) is 28.8 Å². The topological polar surface area (TPSA) is 70.5 Å². The summed E-state index contributed by atoms with van der Waals surface area (Å²) in [4.78, 5) is 0. The van der Waals surface area contributed by atoms with Gasteiger partial charge in [-0.15, -0.1) is 0 Å². The van der Waals surface area contributed by atoms with Gasteiger partial charge >= 0.3 is 0 Å². The molecule has 1 aromatic carbocycles. The van der Waals surface area contributed by atoms with Crippen LogP contribution in [0, 0.1) is 0 Å². The van der Waals surface area contributed by atoms with Crippen LogP contribution >= 0.6 is 0 Å². The highest BCUT2D eigenvalue weighted by Crippen LogP contribution is 2.29. The molecule has 0 aliphatic carbocycles. The number of methoxy groups -OCH3 is 1. The van der Waals surface area contributed by atoms with Gasteiger partial charge in [0, 0.05) is 12.6 Å². The van der Waals surface area contributed by atoms with Crippen molar-refractivity contribution in [3.05, 3.63) is 41.3 Å². The van der Waals surface area contributed by atoms with Crippen LogP contribution in [-0.4, -0.2) is 12.3 Å². The van der Waals surface area contributed by atoms with E-state index in [1.54, 1.807) is 13.2 Å². The van der Waals surface area contributed by atoms with Crippen molar-refractivity contribution in [3.63, 3.8) is 0 Å². The van der Waals surface area contributed by atoms with Crippen molar-refractivity contribution in [2.75, 3.05) is 7.11 Å². The Labute approximate surface area is 112 Å². The predicted octanol–water partition coefficient (Wildman–Crippen LogP) is 2.28. The van der Waals surface area contributed by atoms with Gasteiger partial charge in [0.2, 0.25) is 0 Å². The molecule has 0 fully saturated rings. The van der Waals surface area contributed by atoms with E-state index in [0.29, 0.717) is 30.4 Å². The second-order valence-corrected chi connectivity index (χ2v) is 4.12. The van der Waals surface area contributed by atoms with Gasteiger partial charge < -0.3 is 19.7 Å². The minimum absolute atomic E-state index is 0.300. The average molecular weight is 262 g/mol. The number of hydrogen-bond acceptors (Lipinski definition) is 5. The van der Waals surface area contributed by atoms with Crippen LogP contribution in [0.1, 0.15) is 23.9 Å². The van der Waals surface area contributed by atoms with Crippen LogP contribution in [-0.2, 0) is 19.6 Å². The van der Waals surface area contributed by atoms with E-state index in [4.69, 9.17) is 19.7 Å².